The number of nitrogens with one attached hydrogen (secondary N) is 2. The van der Waals surface area contributed by atoms with E-state index in [-0.39, 0.29) is 40.2 Å². The molecule has 0 aliphatic carbocycles. The van der Waals surface area contributed by atoms with Crippen LogP contribution in [-0.2, 0) is 33.5 Å². The summed E-state index contributed by atoms with van der Waals surface area (Å²) in [5.41, 5.74) is -0.0838. The second-order valence-corrected chi connectivity index (χ2v) is 8.28. The highest BCUT2D eigenvalue weighted by Crippen LogP contribution is 2.40. The third-order valence-corrected chi connectivity index (χ3v) is 6.43. The predicted octanol–water partition coefficient (Wildman–Crippen LogP) is -0.636. The van der Waals surface area contributed by atoms with E-state index in [0.29, 0.717) is 6.41 Å². The second kappa shape index (κ2) is 9.78. The van der Waals surface area contributed by atoms with Crippen molar-refractivity contribution in [1.29, 1.82) is 0 Å². The number of nitrogens with zero attached hydrogens (tertiary/aromatic N) is 3. The van der Waals surface area contributed by atoms with Crippen molar-refractivity contribution in [3.63, 3.8) is 0 Å². The van der Waals surface area contributed by atoms with Crippen LogP contribution in [-0.4, -0.2) is 81.8 Å². The summed E-state index contributed by atoms with van der Waals surface area (Å²) in [6.07, 6.45) is 0.432. The van der Waals surface area contributed by atoms with Crippen molar-refractivity contribution in [2.45, 2.75) is 18.3 Å². The molecule has 32 heavy (non-hydrogen) atoms. The van der Waals surface area contributed by atoms with Gasteiger partial charge in [0.2, 0.25) is 6.41 Å². The topological polar surface area (TPSA) is 177 Å². The highest BCUT2D eigenvalue weighted by Gasteiger charge is 2.54. The van der Waals surface area contributed by atoms with Crippen LogP contribution in [0.25, 0.3) is 0 Å². The Hall–Kier alpha value is -3.46. The Balaban J connectivity index is 1.76. The van der Waals surface area contributed by atoms with Crippen molar-refractivity contribution in [3.8, 4) is 0 Å². The van der Waals surface area contributed by atoms with Crippen molar-refractivity contribution in [1.82, 2.24) is 15.2 Å². The molecule has 1 fully saturated rings. The first-order valence-electron chi connectivity index (χ1n) is 8.90. The van der Waals surface area contributed by atoms with Crippen LogP contribution in [0.2, 0.25) is 0 Å². The normalized spacial score (nSPS) is 20.1. The van der Waals surface area contributed by atoms with Gasteiger partial charge >= 0.3 is 11.9 Å². The van der Waals surface area contributed by atoms with Gasteiger partial charge in [0.15, 0.2) is 10.8 Å². The molecule has 1 unspecified atom stereocenters. The highest BCUT2D eigenvalue weighted by molar-refractivity contribution is 8.00. The number of β-lactam (4-membered cyclic amide) rings is 1. The molecule has 3 rings (SSSR count). The number of anilines is 1. The average Bonchev–Trinajstić information content (AvgIpc) is 3.21. The van der Waals surface area contributed by atoms with Gasteiger partial charge in [-0.05, 0) is 0 Å². The molecule has 3 N–H and O–H groups in total. The zero-order chi connectivity index (χ0) is 23.4. The number of hydrogen-bond donors (Lipinski definition) is 3. The maximum Gasteiger partial charge on any atom is 0.352 e. The van der Waals surface area contributed by atoms with Gasteiger partial charge in [-0.25, -0.2) is 9.78 Å². The van der Waals surface area contributed by atoms with Gasteiger partial charge in [-0.15, -0.1) is 23.1 Å². The molecule has 0 radical (unpaired) electrons. The number of carboxylic acids is 1. The van der Waals surface area contributed by atoms with Crippen LogP contribution < -0.4 is 10.6 Å². The number of oxime groups is 1. The molecule has 1 aromatic rings. The molecule has 1 saturated heterocycles. The van der Waals surface area contributed by atoms with Crippen molar-refractivity contribution in [3.05, 3.63) is 22.3 Å². The molecule has 170 valence electrons. The number of thiazole rings is 1. The van der Waals surface area contributed by atoms with E-state index in [0.717, 1.165) is 16.2 Å². The van der Waals surface area contributed by atoms with Gasteiger partial charge < -0.3 is 25.3 Å². The minimum Gasteiger partial charge on any atom is -0.477 e. The summed E-state index contributed by atoms with van der Waals surface area (Å²) in [5, 5.41) is 19.1. The van der Waals surface area contributed by atoms with E-state index < -0.39 is 35.2 Å². The quantitative estimate of drug-likeness (QED) is 0.135. The first-order valence-corrected chi connectivity index (χ1v) is 10.8. The number of carbonyl (C=O) groups is 5. The predicted molar refractivity (Wildman–Crippen MR) is 112 cm³/mol. The molecule has 13 nitrogen and oxygen atoms in total. The molecule has 3 amide bonds. The van der Waals surface area contributed by atoms with Crippen LogP contribution in [0.5, 0.6) is 0 Å². The standard InChI is InChI=1S/C17H17N5O8S2/c1-7(24)30-3-8-4-31-15-11(14(26)22(15)12(8)16(27)28)20-13(25)10(21-29-2)9-5-32-17(19-9)18-6-23/h5-6,11,15H,3-4H2,1-2H3,(H,20,25)(H,27,28)(H,18,19,23)/t11?,15-/m1/s1. The third kappa shape index (κ3) is 4.57. The molecule has 2 aliphatic rings. The van der Waals surface area contributed by atoms with Gasteiger partial charge in [-0.1, -0.05) is 5.16 Å². The zero-order valence-corrected chi connectivity index (χ0v) is 18.3. The fourth-order valence-electron chi connectivity index (χ4n) is 2.99. The Bertz CT molecular complexity index is 1040. The molecule has 15 heteroatoms. The van der Waals surface area contributed by atoms with E-state index >= 15 is 0 Å². The molecule has 0 bridgehead atoms. The Morgan fingerprint density at radius 3 is 2.81 bits per heavy atom. The van der Waals surface area contributed by atoms with Crippen LogP contribution in [0.3, 0.4) is 0 Å². The van der Waals surface area contributed by atoms with Crippen LogP contribution in [0, 0.1) is 0 Å². The van der Waals surface area contributed by atoms with E-state index in [4.69, 9.17) is 9.57 Å². The Kier molecular flexibility index (Phi) is 7.09. The maximum absolute atomic E-state index is 12.8. The van der Waals surface area contributed by atoms with E-state index in [2.05, 4.69) is 20.8 Å². The van der Waals surface area contributed by atoms with Gasteiger partial charge in [0.05, 0.1) is 0 Å². The number of aliphatic carboxylic acids is 1. The fraction of sp³-hybridized carbons (Fsp3) is 0.353. The van der Waals surface area contributed by atoms with Crippen LogP contribution >= 0.6 is 23.1 Å². The number of amides is 3. The van der Waals surface area contributed by atoms with E-state index in [1.54, 1.807) is 0 Å². The van der Waals surface area contributed by atoms with Crippen LogP contribution in [0.15, 0.2) is 21.8 Å². The Labute approximate surface area is 188 Å². The minimum atomic E-state index is -1.34. The highest BCUT2D eigenvalue weighted by atomic mass is 32.2. The molecule has 1 aromatic heterocycles. The molecule has 0 spiro atoms. The summed E-state index contributed by atoms with van der Waals surface area (Å²) in [6, 6.07) is -1.01. The van der Waals surface area contributed by atoms with Gasteiger partial charge in [-0.2, -0.15) is 0 Å². The molecular formula is C17H17N5O8S2. The zero-order valence-electron chi connectivity index (χ0n) is 16.7. The van der Waals surface area contributed by atoms with Gasteiger partial charge in [-0.3, -0.25) is 24.1 Å². The summed E-state index contributed by atoms with van der Waals surface area (Å²) < 4.78 is 4.88. The summed E-state index contributed by atoms with van der Waals surface area (Å²) in [5.74, 6) is -3.11. The number of ether oxygens (including phenoxy) is 1. The summed E-state index contributed by atoms with van der Waals surface area (Å²) in [4.78, 5) is 68.6. The van der Waals surface area contributed by atoms with E-state index in [1.807, 2.05) is 0 Å². The largest absolute Gasteiger partial charge is 0.477 e. The minimum absolute atomic E-state index is 0.119. The Morgan fingerprint density at radius 1 is 1.44 bits per heavy atom. The fourth-order valence-corrected chi connectivity index (χ4v) is 4.97. The lowest BCUT2D eigenvalue weighted by Gasteiger charge is -2.49. The molecule has 2 atom stereocenters. The summed E-state index contributed by atoms with van der Waals surface area (Å²) in [7, 11) is 1.23. The maximum atomic E-state index is 12.8. The van der Waals surface area contributed by atoms with E-state index in [1.165, 1.54) is 31.2 Å². The number of carboxylic acid groups (broad SMARTS) is 1. The summed E-state index contributed by atoms with van der Waals surface area (Å²) in [6.45, 7) is 0.947. The molecule has 2 aliphatic heterocycles. The number of aromatic nitrogens is 1. The van der Waals surface area contributed by atoms with Crippen molar-refractivity contribution in [2.75, 3.05) is 24.8 Å². The number of thioether (sulfide) groups is 1. The lowest BCUT2D eigenvalue weighted by atomic mass is 10.0. The lowest BCUT2D eigenvalue weighted by molar-refractivity contribution is -0.150. The third-order valence-electron chi connectivity index (χ3n) is 4.31. The molecule has 3 heterocycles. The monoisotopic (exact) mass is 483 g/mol. The lowest BCUT2D eigenvalue weighted by Crippen LogP contribution is -2.71. The number of carbonyl (C=O) groups excluding carboxylic acids is 4. The van der Waals surface area contributed by atoms with E-state index in [9.17, 15) is 29.1 Å². The van der Waals surface area contributed by atoms with Crippen molar-refractivity contribution in [2.24, 2.45) is 5.16 Å². The molecular weight excluding hydrogens is 466 g/mol. The number of fused-ring (bicyclic) bond motifs is 1. The average molecular weight is 483 g/mol. The second-order valence-electron chi connectivity index (χ2n) is 6.32. The van der Waals surface area contributed by atoms with Gasteiger partial charge in [0.1, 0.15) is 36.5 Å². The number of esters is 1. The molecule has 0 saturated carbocycles. The van der Waals surface area contributed by atoms with Gasteiger partial charge in [0, 0.05) is 23.6 Å². The van der Waals surface area contributed by atoms with Crippen molar-refractivity contribution < 1.29 is 38.7 Å². The van der Waals surface area contributed by atoms with Crippen LogP contribution in [0.4, 0.5) is 5.13 Å². The summed E-state index contributed by atoms with van der Waals surface area (Å²) >= 11 is 2.28. The molecule has 0 aromatic carbocycles. The van der Waals surface area contributed by atoms with Crippen molar-refractivity contribution >= 4 is 64.1 Å². The van der Waals surface area contributed by atoms with Crippen LogP contribution in [0.1, 0.15) is 12.6 Å². The Morgan fingerprint density at radius 2 is 2.19 bits per heavy atom. The smallest absolute Gasteiger partial charge is 0.352 e. The first kappa shape index (κ1) is 23.2. The number of rotatable bonds is 9. The number of hydrogen-bond acceptors (Lipinski definition) is 11. The first-order chi connectivity index (χ1) is 15.3. The SMILES string of the molecule is CON=C(C(=O)NC1C(=O)N2C(C(=O)O)=C(COC(C)=O)CS[C@H]12)c1csc(NC=O)n1. The van der Waals surface area contributed by atoms with Gasteiger partial charge in [0.25, 0.3) is 11.8 Å².